The summed E-state index contributed by atoms with van der Waals surface area (Å²) in [5.41, 5.74) is 4.43. The number of fused-ring (bicyclic) bond motifs is 1. The van der Waals surface area contributed by atoms with Gasteiger partial charge in [-0.2, -0.15) is 0 Å². The molecule has 0 saturated heterocycles. The summed E-state index contributed by atoms with van der Waals surface area (Å²) in [6.45, 7) is 12.2. The van der Waals surface area contributed by atoms with E-state index in [1.807, 2.05) is 0 Å². The van der Waals surface area contributed by atoms with Crippen LogP contribution in [-0.4, -0.2) is 18.6 Å². The van der Waals surface area contributed by atoms with Crippen LogP contribution in [0.5, 0.6) is 0 Å². The van der Waals surface area contributed by atoms with E-state index in [-0.39, 0.29) is 5.54 Å². The van der Waals surface area contributed by atoms with Crippen LogP contribution in [-0.2, 0) is 6.54 Å². The number of aryl methyl sites for hydroxylation is 1. The molecule has 0 aromatic heterocycles. The molecule has 0 atom stereocenters. The maximum Gasteiger partial charge on any atom is 0.0419 e. The van der Waals surface area contributed by atoms with Crippen LogP contribution >= 0.6 is 0 Å². The number of rotatable bonds is 0. The zero-order valence-electron chi connectivity index (χ0n) is 10.8. The molecule has 1 aliphatic rings. The molecule has 0 spiro atoms. The van der Waals surface area contributed by atoms with Gasteiger partial charge in [-0.1, -0.05) is 12.1 Å². The monoisotopic (exact) mass is 218 g/mol. The topological polar surface area (TPSA) is 15.3 Å². The summed E-state index contributed by atoms with van der Waals surface area (Å²) in [5, 5.41) is 3.50. The quantitative estimate of drug-likeness (QED) is 0.720. The molecular formula is C14H22N2. The largest absolute Gasteiger partial charge is 0.365 e. The van der Waals surface area contributed by atoms with E-state index < -0.39 is 0 Å². The second kappa shape index (κ2) is 4.10. The van der Waals surface area contributed by atoms with Crippen LogP contribution in [0.3, 0.4) is 0 Å². The van der Waals surface area contributed by atoms with Crippen LogP contribution < -0.4 is 10.2 Å². The molecule has 88 valence electrons. The molecule has 1 aromatic rings. The molecule has 0 bridgehead atoms. The molecular weight excluding hydrogens is 196 g/mol. The first-order chi connectivity index (χ1) is 7.50. The van der Waals surface area contributed by atoms with Crippen molar-refractivity contribution < 1.29 is 0 Å². The summed E-state index contributed by atoms with van der Waals surface area (Å²) in [6, 6.07) is 6.62. The maximum absolute atomic E-state index is 3.50. The minimum Gasteiger partial charge on any atom is -0.365 e. The average Bonchev–Trinajstić information content (AvgIpc) is 2.39. The van der Waals surface area contributed by atoms with Crippen molar-refractivity contribution in [2.45, 2.75) is 39.8 Å². The Morgan fingerprint density at radius 2 is 2.00 bits per heavy atom. The van der Waals surface area contributed by atoms with Crippen LogP contribution in [0.4, 0.5) is 5.69 Å². The van der Waals surface area contributed by atoms with E-state index in [2.05, 4.69) is 56.1 Å². The zero-order chi connectivity index (χ0) is 11.8. The summed E-state index contributed by atoms with van der Waals surface area (Å²) in [7, 11) is 0. The number of nitrogens with one attached hydrogen (secondary N) is 1. The Kier molecular flexibility index (Phi) is 2.94. The lowest BCUT2D eigenvalue weighted by Gasteiger charge is -2.38. The lowest BCUT2D eigenvalue weighted by atomic mass is 10.0. The summed E-state index contributed by atoms with van der Waals surface area (Å²) < 4.78 is 0. The van der Waals surface area contributed by atoms with Gasteiger partial charge in [-0.25, -0.2) is 0 Å². The first-order valence-electron chi connectivity index (χ1n) is 6.07. The van der Waals surface area contributed by atoms with Crippen LogP contribution in [0.1, 0.15) is 31.9 Å². The number of hydrogen-bond acceptors (Lipinski definition) is 2. The molecule has 2 nitrogen and oxygen atoms in total. The van der Waals surface area contributed by atoms with E-state index in [9.17, 15) is 0 Å². The smallest absolute Gasteiger partial charge is 0.0419 e. The molecule has 16 heavy (non-hydrogen) atoms. The molecule has 2 heteroatoms. The van der Waals surface area contributed by atoms with Crippen LogP contribution in [0.15, 0.2) is 18.2 Å². The van der Waals surface area contributed by atoms with Crippen molar-refractivity contribution in [3.63, 3.8) is 0 Å². The van der Waals surface area contributed by atoms with Gasteiger partial charge in [0.1, 0.15) is 0 Å². The molecule has 1 aliphatic heterocycles. The predicted molar refractivity (Wildman–Crippen MR) is 70.0 cm³/mol. The highest BCUT2D eigenvalue weighted by molar-refractivity contribution is 5.58. The van der Waals surface area contributed by atoms with Gasteiger partial charge in [0.05, 0.1) is 0 Å². The van der Waals surface area contributed by atoms with E-state index in [0.29, 0.717) is 0 Å². The Morgan fingerprint density at radius 3 is 2.69 bits per heavy atom. The van der Waals surface area contributed by atoms with Gasteiger partial charge in [0, 0.05) is 30.9 Å². The Morgan fingerprint density at radius 1 is 1.25 bits per heavy atom. The minimum atomic E-state index is 0.189. The Bertz CT molecular complexity index is 377. The lowest BCUT2D eigenvalue weighted by molar-refractivity contribution is 0.502. The third-order valence-corrected chi connectivity index (χ3v) is 3.30. The van der Waals surface area contributed by atoms with Crippen molar-refractivity contribution in [1.29, 1.82) is 0 Å². The fourth-order valence-electron chi connectivity index (χ4n) is 2.39. The third kappa shape index (κ3) is 2.07. The van der Waals surface area contributed by atoms with E-state index in [1.165, 1.54) is 16.8 Å². The molecule has 1 N–H and O–H groups in total. The standard InChI is InChI=1S/C14H22N2/c1-11-6-5-7-13-12(11)10-15-8-9-16(13)14(2,3)4/h5-7,15H,8-10H2,1-4H3. The summed E-state index contributed by atoms with van der Waals surface area (Å²) in [6.07, 6.45) is 0. The Labute approximate surface area is 98.7 Å². The average molecular weight is 218 g/mol. The maximum atomic E-state index is 3.50. The first-order valence-corrected chi connectivity index (χ1v) is 6.07. The number of benzene rings is 1. The molecule has 0 radical (unpaired) electrons. The van der Waals surface area contributed by atoms with Gasteiger partial charge < -0.3 is 10.2 Å². The normalized spacial score (nSPS) is 16.9. The summed E-state index contributed by atoms with van der Waals surface area (Å²) in [5.74, 6) is 0. The highest BCUT2D eigenvalue weighted by Gasteiger charge is 2.25. The second-order valence-corrected chi connectivity index (χ2v) is 5.57. The van der Waals surface area contributed by atoms with Gasteiger partial charge in [-0.15, -0.1) is 0 Å². The fourth-order valence-corrected chi connectivity index (χ4v) is 2.39. The summed E-state index contributed by atoms with van der Waals surface area (Å²) in [4.78, 5) is 2.51. The molecule has 1 heterocycles. The minimum absolute atomic E-state index is 0.189. The van der Waals surface area contributed by atoms with E-state index in [1.54, 1.807) is 0 Å². The van der Waals surface area contributed by atoms with Crippen LogP contribution in [0.2, 0.25) is 0 Å². The van der Waals surface area contributed by atoms with Gasteiger partial charge >= 0.3 is 0 Å². The van der Waals surface area contributed by atoms with Crippen LogP contribution in [0, 0.1) is 6.92 Å². The molecule has 0 fully saturated rings. The zero-order valence-corrected chi connectivity index (χ0v) is 10.8. The lowest BCUT2D eigenvalue weighted by Crippen LogP contribution is -2.43. The van der Waals surface area contributed by atoms with Gasteiger partial charge in [-0.3, -0.25) is 0 Å². The van der Waals surface area contributed by atoms with Crippen molar-refractivity contribution >= 4 is 5.69 Å². The SMILES string of the molecule is Cc1cccc2c1CNCCN2C(C)(C)C. The first kappa shape index (κ1) is 11.5. The van der Waals surface area contributed by atoms with Gasteiger partial charge in [-0.05, 0) is 44.9 Å². The molecule has 0 saturated carbocycles. The molecule has 0 aliphatic carbocycles. The molecule has 1 aromatic carbocycles. The van der Waals surface area contributed by atoms with Crippen molar-refractivity contribution in [3.8, 4) is 0 Å². The van der Waals surface area contributed by atoms with E-state index in [0.717, 1.165) is 19.6 Å². The van der Waals surface area contributed by atoms with E-state index in [4.69, 9.17) is 0 Å². The molecule has 0 amide bonds. The third-order valence-electron chi connectivity index (χ3n) is 3.30. The Balaban J connectivity index is 2.49. The summed E-state index contributed by atoms with van der Waals surface area (Å²) >= 11 is 0. The Hall–Kier alpha value is -1.02. The molecule has 0 unspecified atom stereocenters. The van der Waals surface area contributed by atoms with Gasteiger partial charge in [0.2, 0.25) is 0 Å². The highest BCUT2D eigenvalue weighted by Crippen LogP contribution is 2.30. The van der Waals surface area contributed by atoms with E-state index >= 15 is 0 Å². The number of nitrogens with zero attached hydrogens (tertiary/aromatic N) is 1. The molecule has 2 rings (SSSR count). The van der Waals surface area contributed by atoms with Gasteiger partial charge in [0.15, 0.2) is 0 Å². The highest BCUT2D eigenvalue weighted by atomic mass is 15.2. The van der Waals surface area contributed by atoms with Crippen molar-refractivity contribution in [3.05, 3.63) is 29.3 Å². The number of hydrogen-bond donors (Lipinski definition) is 1. The second-order valence-electron chi connectivity index (χ2n) is 5.57. The van der Waals surface area contributed by atoms with Crippen molar-refractivity contribution in [1.82, 2.24) is 5.32 Å². The predicted octanol–water partition coefficient (Wildman–Crippen LogP) is 2.70. The van der Waals surface area contributed by atoms with Crippen molar-refractivity contribution in [2.24, 2.45) is 0 Å². The van der Waals surface area contributed by atoms with Crippen molar-refractivity contribution in [2.75, 3.05) is 18.0 Å². The number of anilines is 1. The fraction of sp³-hybridized carbons (Fsp3) is 0.571. The van der Waals surface area contributed by atoms with Gasteiger partial charge in [0.25, 0.3) is 0 Å². The van der Waals surface area contributed by atoms with Crippen LogP contribution in [0.25, 0.3) is 0 Å².